The zero-order valence-electron chi connectivity index (χ0n) is 10.1. The van der Waals surface area contributed by atoms with Gasteiger partial charge in [-0.1, -0.05) is 40.5 Å². The van der Waals surface area contributed by atoms with Crippen molar-refractivity contribution in [1.82, 2.24) is 0 Å². The molecule has 0 fully saturated rings. The first-order chi connectivity index (χ1) is 6.58. The first-order valence-corrected chi connectivity index (χ1v) is 5.10. The van der Waals surface area contributed by atoms with E-state index in [2.05, 4.69) is 52.0 Å². The Morgan fingerprint density at radius 1 is 0.800 bits per heavy atom. The average molecular weight is 365 g/mol. The van der Waals surface area contributed by atoms with Gasteiger partial charge in [-0.05, 0) is 0 Å². The van der Waals surface area contributed by atoms with E-state index in [1.54, 1.807) is 0 Å². The Hall–Kier alpha value is -0.170. The van der Waals surface area contributed by atoms with Gasteiger partial charge >= 0.3 is 0 Å². The molecular formula is C14H18Hf-2. The summed E-state index contributed by atoms with van der Waals surface area (Å²) in [5.41, 5.74) is 5.30. The molecule has 80 valence electrons. The van der Waals surface area contributed by atoms with E-state index in [4.69, 9.17) is 0 Å². The maximum Gasteiger partial charge on any atom is 0 e. The normalized spacial score (nSPS) is 17.9. The molecule has 0 saturated carbocycles. The smallest absolute Gasteiger partial charge is 0 e. The third-order valence-electron chi connectivity index (χ3n) is 2.25. The van der Waals surface area contributed by atoms with E-state index in [0.717, 1.165) is 12.8 Å². The molecule has 0 N–H and O–H groups in total. The van der Waals surface area contributed by atoms with Crippen LogP contribution in [0.4, 0.5) is 0 Å². The summed E-state index contributed by atoms with van der Waals surface area (Å²) in [6.45, 7) is 8.37. The van der Waals surface area contributed by atoms with Crippen LogP contribution in [0.3, 0.4) is 0 Å². The Kier molecular flexibility index (Phi) is 7.08. The monoisotopic (exact) mass is 366 g/mol. The number of hydrogen-bond acceptors (Lipinski definition) is 0. The van der Waals surface area contributed by atoms with Crippen LogP contribution in [0.5, 0.6) is 0 Å². The van der Waals surface area contributed by atoms with Gasteiger partial charge in [-0.25, -0.2) is 23.3 Å². The van der Waals surface area contributed by atoms with E-state index >= 15 is 0 Å². The zero-order valence-corrected chi connectivity index (χ0v) is 13.7. The first-order valence-electron chi connectivity index (χ1n) is 5.10. The third kappa shape index (κ3) is 6.09. The molecule has 0 bridgehead atoms. The second-order valence-corrected chi connectivity index (χ2v) is 3.99. The molecule has 0 amide bonds. The minimum Gasteiger partial charge on any atom is -0.250 e. The summed E-state index contributed by atoms with van der Waals surface area (Å²) in [5.74, 6) is 0. The van der Waals surface area contributed by atoms with Crippen molar-refractivity contribution >= 4 is 0 Å². The molecule has 0 nitrogen and oxygen atoms in total. The summed E-state index contributed by atoms with van der Waals surface area (Å²) in [4.78, 5) is 0. The quantitative estimate of drug-likeness (QED) is 0.447. The average Bonchev–Trinajstić information content (AvgIpc) is 2.63. The van der Waals surface area contributed by atoms with Crippen LogP contribution in [-0.2, 0) is 25.8 Å². The summed E-state index contributed by atoms with van der Waals surface area (Å²) >= 11 is 0. The fourth-order valence-electron chi connectivity index (χ4n) is 1.49. The molecule has 0 aromatic heterocycles. The fourth-order valence-corrected chi connectivity index (χ4v) is 1.49. The van der Waals surface area contributed by atoms with Crippen molar-refractivity contribution in [2.24, 2.45) is 0 Å². The van der Waals surface area contributed by atoms with Gasteiger partial charge < -0.3 is 0 Å². The number of rotatable bonds is 0. The van der Waals surface area contributed by atoms with E-state index in [1.807, 2.05) is 0 Å². The largest absolute Gasteiger partial charge is 0.250 e. The molecule has 0 unspecified atom stereocenters. The Balaban J connectivity index is 0.000000245. The van der Waals surface area contributed by atoms with E-state index in [9.17, 15) is 0 Å². The van der Waals surface area contributed by atoms with Crippen molar-refractivity contribution < 1.29 is 25.8 Å². The molecule has 2 aliphatic rings. The minimum absolute atomic E-state index is 0. The van der Waals surface area contributed by atoms with Crippen molar-refractivity contribution in [3.8, 4) is 0 Å². The van der Waals surface area contributed by atoms with Crippen LogP contribution in [0.25, 0.3) is 0 Å². The second-order valence-electron chi connectivity index (χ2n) is 3.99. The van der Waals surface area contributed by atoms with Gasteiger partial charge in [0, 0.05) is 25.8 Å². The van der Waals surface area contributed by atoms with Crippen LogP contribution in [0.1, 0.15) is 40.5 Å². The van der Waals surface area contributed by atoms with E-state index in [0.29, 0.717) is 0 Å². The second kappa shape index (κ2) is 7.16. The number of allylic oxidation sites excluding steroid dienone is 8. The van der Waals surface area contributed by atoms with Gasteiger partial charge in [0.05, 0.1) is 0 Å². The molecule has 0 radical (unpaired) electrons. The molecule has 0 aromatic rings. The van der Waals surface area contributed by atoms with E-state index in [1.165, 1.54) is 22.3 Å². The van der Waals surface area contributed by atoms with Crippen LogP contribution < -0.4 is 0 Å². The maximum atomic E-state index is 3.19. The maximum absolute atomic E-state index is 3.19. The number of hydrogen-bond donors (Lipinski definition) is 0. The molecule has 0 aromatic carbocycles. The van der Waals surface area contributed by atoms with Gasteiger partial charge in [0.25, 0.3) is 0 Å². The molecule has 2 aliphatic carbocycles. The predicted molar refractivity (Wildman–Crippen MR) is 61.6 cm³/mol. The zero-order chi connectivity index (χ0) is 10.6. The molecule has 0 spiro atoms. The standard InChI is InChI=1S/2C7H9.Hf/c2*1-6-3-4-7(2)5-6;/h2*3H,4H2,1-2H3;/q2*-1;. The molecule has 2 rings (SSSR count). The topological polar surface area (TPSA) is 0 Å². The summed E-state index contributed by atoms with van der Waals surface area (Å²) < 4.78 is 0. The van der Waals surface area contributed by atoms with Crippen LogP contribution >= 0.6 is 0 Å². The molecular weight excluding hydrogens is 347 g/mol. The van der Waals surface area contributed by atoms with Gasteiger partial charge in [0.15, 0.2) is 0 Å². The van der Waals surface area contributed by atoms with Gasteiger partial charge in [0.1, 0.15) is 0 Å². The van der Waals surface area contributed by atoms with Gasteiger partial charge in [-0.15, -0.1) is 0 Å². The summed E-state index contributed by atoms with van der Waals surface area (Å²) in [6, 6.07) is 0. The third-order valence-corrected chi connectivity index (χ3v) is 2.25. The summed E-state index contributed by atoms with van der Waals surface area (Å²) in [7, 11) is 0. The Morgan fingerprint density at radius 3 is 1.20 bits per heavy atom. The van der Waals surface area contributed by atoms with E-state index < -0.39 is 0 Å². The first kappa shape index (κ1) is 14.8. The molecule has 0 heterocycles. The minimum atomic E-state index is 0. The molecule has 0 atom stereocenters. The van der Waals surface area contributed by atoms with Crippen molar-refractivity contribution in [2.75, 3.05) is 0 Å². The predicted octanol–water partition coefficient (Wildman–Crippen LogP) is 4.17. The van der Waals surface area contributed by atoms with Crippen LogP contribution in [0.15, 0.2) is 34.4 Å². The Morgan fingerprint density at radius 2 is 1.13 bits per heavy atom. The fraction of sp³-hybridized carbons (Fsp3) is 0.429. The molecule has 0 aliphatic heterocycles. The Bertz CT molecular complexity index is 293. The molecule has 15 heavy (non-hydrogen) atoms. The molecule has 1 heteroatoms. The van der Waals surface area contributed by atoms with Gasteiger partial charge in [0.2, 0.25) is 0 Å². The van der Waals surface area contributed by atoms with Crippen molar-refractivity contribution in [3.63, 3.8) is 0 Å². The van der Waals surface area contributed by atoms with Crippen molar-refractivity contribution in [2.45, 2.75) is 40.5 Å². The van der Waals surface area contributed by atoms with Gasteiger partial charge in [-0.2, -0.15) is 11.1 Å². The van der Waals surface area contributed by atoms with Gasteiger partial charge in [-0.3, -0.25) is 12.2 Å². The SMILES string of the molecule is CC1=[C-]C(C)=CC1.CC1=[C-]C(C)=CC1.[Hf]. The van der Waals surface area contributed by atoms with E-state index in [-0.39, 0.29) is 25.8 Å². The summed E-state index contributed by atoms with van der Waals surface area (Å²) in [5, 5.41) is 0. The van der Waals surface area contributed by atoms with Crippen molar-refractivity contribution in [3.05, 3.63) is 46.6 Å². The summed E-state index contributed by atoms with van der Waals surface area (Å²) in [6.07, 6.45) is 13.0. The van der Waals surface area contributed by atoms with Crippen LogP contribution in [0.2, 0.25) is 0 Å². The Labute approximate surface area is 113 Å². The van der Waals surface area contributed by atoms with Crippen molar-refractivity contribution in [1.29, 1.82) is 0 Å². The van der Waals surface area contributed by atoms with Crippen LogP contribution in [0, 0.1) is 12.2 Å². The van der Waals surface area contributed by atoms with Crippen LogP contribution in [-0.4, -0.2) is 0 Å². The molecule has 0 saturated heterocycles.